The van der Waals surface area contributed by atoms with E-state index in [1.165, 1.54) is 23.4 Å². The quantitative estimate of drug-likeness (QED) is 0.237. The number of benzene rings is 1. The number of rotatable bonds is 7. The summed E-state index contributed by atoms with van der Waals surface area (Å²) in [7, 11) is 0. The van der Waals surface area contributed by atoms with Crippen molar-refractivity contribution >= 4 is 34.4 Å². The first-order chi connectivity index (χ1) is 19.3. The number of nitrogens with one attached hydrogen (secondary N) is 2. The molecule has 0 radical (unpaired) electrons. The summed E-state index contributed by atoms with van der Waals surface area (Å²) >= 11 is 0. The van der Waals surface area contributed by atoms with Crippen LogP contribution in [0.5, 0.6) is 0 Å². The molecule has 210 valence electrons. The number of aromatic nitrogens is 3. The zero-order chi connectivity index (χ0) is 28.4. The van der Waals surface area contributed by atoms with Gasteiger partial charge in [0, 0.05) is 24.3 Å². The van der Waals surface area contributed by atoms with Gasteiger partial charge in [-0.15, -0.1) is 0 Å². The Morgan fingerprint density at radius 3 is 2.65 bits per heavy atom. The van der Waals surface area contributed by atoms with Crippen LogP contribution < -0.4 is 16.3 Å². The molecule has 5 N–H and O–H groups in total. The van der Waals surface area contributed by atoms with Crippen molar-refractivity contribution < 1.29 is 34.4 Å². The molecule has 0 bridgehead atoms. The highest BCUT2D eigenvalue weighted by Gasteiger charge is 2.44. The fraction of sp³-hybridized carbons (Fsp3) is 0.385. The number of amides is 3. The number of carbonyl (C=O) groups is 3. The van der Waals surface area contributed by atoms with E-state index in [9.17, 15) is 34.5 Å². The monoisotopic (exact) mass is 552 g/mol. The minimum atomic E-state index is -1.46. The third kappa shape index (κ3) is 5.29. The van der Waals surface area contributed by atoms with E-state index in [-0.39, 0.29) is 12.4 Å². The molecule has 40 heavy (non-hydrogen) atoms. The molecule has 5 rings (SSSR count). The van der Waals surface area contributed by atoms with Crippen LogP contribution in [0.1, 0.15) is 29.4 Å². The Labute approximate surface area is 227 Å². The molecule has 14 heteroatoms. The summed E-state index contributed by atoms with van der Waals surface area (Å²) < 4.78 is 6.29. The number of hydrogen-bond acceptors (Lipinski definition) is 10. The van der Waals surface area contributed by atoms with E-state index >= 15 is 0 Å². The van der Waals surface area contributed by atoms with Gasteiger partial charge in [0.05, 0.1) is 24.2 Å². The predicted molar refractivity (Wildman–Crippen MR) is 139 cm³/mol. The summed E-state index contributed by atoms with van der Waals surface area (Å²) in [4.78, 5) is 60.7. The maximum atomic E-state index is 13.0. The van der Waals surface area contributed by atoms with Gasteiger partial charge in [0.25, 0.3) is 5.91 Å². The van der Waals surface area contributed by atoms with Gasteiger partial charge in [-0.3, -0.25) is 23.9 Å². The smallest absolute Gasteiger partial charge is 0.351 e. The molecule has 14 nitrogen and oxygen atoms in total. The number of aliphatic hydroxyl groups excluding tert-OH is 3. The summed E-state index contributed by atoms with van der Waals surface area (Å²) in [6.07, 6.45) is -1.46. The summed E-state index contributed by atoms with van der Waals surface area (Å²) in [5.74, 6) is -1.49. The molecule has 1 aromatic carbocycles. The first kappa shape index (κ1) is 27.3. The van der Waals surface area contributed by atoms with Crippen LogP contribution in [-0.2, 0) is 14.3 Å². The van der Waals surface area contributed by atoms with Crippen LogP contribution in [0.3, 0.4) is 0 Å². The van der Waals surface area contributed by atoms with Gasteiger partial charge in [-0.25, -0.2) is 4.79 Å². The maximum Gasteiger partial charge on any atom is 0.351 e. The van der Waals surface area contributed by atoms with Crippen molar-refractivity contribution in [3.05, 3.63) is 64.8 Å². The van der Waals surface area contributed by atoms with Gasteiger partial charge in [-0.1, -0.05) is 18.2 Å². The highest BCUT2D eigenvalue weighted by molar-refractivity contribution is 6.07. The number of anilines is 1. The van der Waals surface area contributed by atoms with Gasteiger partial charge in [-0.2, -0.15) is 4.98 Å². The number of aliphatic hydroxyl groups is 3. The van der Waals surface area contributed by atoms with Gasteiger partial charge in [0.2, 0.25) is 11.8 Å². The highest BCUT2D eigenvalue weighted by atomic mass is 16.6. The van der Waals surface area contributed by atoms with Crippen LogP contribution in [0.4, 0.5) is 5.82 Å². The summed E-state index contributed by atoms with van der Waals surface area (Å²) in [6, 6.07) is 9.22. The zero-order valence-electron chi connectivity index (χ0n) is 21.2. The lowest BCUT2D eigenvalue weighted by Crippen LogP contribution is -2.47. The molecule has 2 aliphatic rings. The number of fused-ring (bicyclic) bond motifs is 1. The third-order valence-corrected chi connectivity index (χ3v) is 7.04. The van der Waals surface area contributed by atoms with Gasteiger partial charge >= 0.3 is 5.69 Å². The number of carbonyl (C=O) groups excluding carboxylic acids is 3. The molecule has 2 fully saturated rings. The molecule has 2 aromatic heterocycles. The average Bonchev–Trinajstić information content (AvgIpc) is 3.56. The molecule has 4 heterocycles. The van der Waals surface area contributed by atoms with Crippen LogP contribution in [-0.4, -0.2) is 96.5 Å². The second-order valence-corrected chi connectivity index (χ2v) is 9.52. The van der Waals surface area contributed by atoms with Gasteiger partial charge in [-0.05, 0) is 31.0 Å². The van der Waals surface area contributed by atoms with E-state index < -0.39 is 60.6 Å². The lowest BCUT2D eigenvalue weighted by atomic mass is 10.1. The molecule has 0 saturated carbocycles. The molecule has 0 spiro atoms. The van der Waals surface area contributed by atoms with Crippen LogP contribution >= 0.6 is 0 Å². The molecular formula is C26H28N6O8. The third-order valence-electron chi connectivity index (χ3n) is 7.04. The van der Waals surface area contributed by atoms with Crippen molar-refractivity contribution in [1.29, 1.82) is 0 Å². The zero-order valence-corrected chi connectivity index (χ0v) is 21.2. The van der Waals surface area contributed by atoms with E-state index in [2.05, 4.69) is 20.6 Å². The van der Waals surface area contributed by atoms with E-state index in [4.69, 9.17) is 4.74 Å². The predicted octanol–water partition coefficient (Wildman–Crippen LogP) is -1.24. The number of ether oxygens (including phenoxy) is 1. The standard InChI is InChI=1S/C26H28N6O8/c33-13-18-21(35)22(36)25(40-18)32-11-8-19(30-26(32)39)29-24(38)17-6-3-10-31(17)20(34)12-28-23(37)15-7-9-27-16-5-2-1-4-14(15)16/h1-2,4-5,7-9,11,17-18,21-22,25,33,35-36H,3,6,10,12-13H2,(H,28,37)(H,29,30,38,39)/t17-,18+,21+,22-,25+/m0/s1. The minimum Gasteiger partial charge on any atom is -0.394 e. The number of hydrogen-bond donors (Lipinski definition) is 5. The molecule has 3 aromatic rings. The molecule has 0 aliphatic carbocycles. The Balaban J connectivity index is 1.21. The van der Waals surface area contributed by atoms with E-state index in [0.29, 0.717) is 35.9 Å². The Hall–Kier alpha value is -4.24. The van der Waals surface area contributed by atoms with Crippen molar-refractivity contribution in [3.8, 4) is 0 Å². The largest absolute Gasteiger partial charge is 0.394 e. The van der Waals surface area contributed by atoms with E-state index in [1.54, 1.807) is 24.3 Å². The van der Waals surface area contributed by atoms with Crippen molar-refractivity contribution in [2.45, 2.75) is 43.4 Å². The second kappa shape index (κ2) is 11.5. The lowest BCUT2D eigenvalue weighted by molar-refractivity contribution is -0.135. The molecule has 3 amide bonds. The van der Waals surface area contributed by atoms with Crippen molar-refractivity contribution in [2.75, 3.05) is 25.0 Å². The summed E-state index contributed by atoms with van der Waals surface area (Å²) in [5.41, 5.74) is 0.170. The molecule has 0 unspecified atom stereocenters. The van der Waals surface area contributed by atoms with Crippen molar-refractivity contribution in [1.82, 2.24) is 24.8 Å². The Morgan fingerprint density at radius 1 is 1.10 bits per heavy atom. The minimum absolute atomic E-state index is 0.0739. The topological polar surface area (TPSA) is 196 Å². The van der Waals surface area contributed by atoms with E-state index in [0.717, 1.165) is 4.57 Å². The number of likely N-dealkylation sites (tertiary alicyclic amines) is 1. The fourth-order valence-corrected chi connectivity index (χ4v) is 4.98. The highest BCUT2D eigenvalue weighted by Crippen LogP contribution is 2.28. The Bertz CT molecular complexity index is 1490. The number of nitrogens with zero attached hydrogens (tertiary/aromatic N) is 4. The molecule has 2 saturated heterocycles. The lowest BCUT2D eigenvalue weighted by Gasteiger charge is -2.24. The maximum absolute atomic E-state index is 13.0. The normalized spacial score (nSPS) is 24.3. The first-order valence-corrected chi connectivity index (χ1v) is 12.7. The van der Waals surface area contributed by atoms with Crippen LogP contribution in [0.15, 0.2) is 53.6 Å². The second-order valence-electron chi connectivity index (χ2n) is 9.52. The SMILES string of the molecule is O=C(NCC(=O)N1CCC[C@H]1C(=O)Nc1ccn([C@@H]2O[C@H](CO)[C@@H](O)[C@@H]2O)c(=O)n1)c1ccnc2ccccc12. The van der Waals surface area contributed by atoms with Gasteiger partial charge in [0.15, 0.2) is 6.23 Å². The molecule has 5 atom stereocenters. The van der Waals surface area contributed by atoms with Gasteiger partial charge < -0.3 is 35.6 Å². The Kier molecular flexibility index (Phi) is 7.84. The number of para-hydroxylation sites is 1. The Morgan fingerprint density at radius 2 is 1.90 bits per heavy atom. The van der Waals surface area contributed by atoms with E-state index in [1.807, 2.05) is 6.07 Å². The van der Waals surface area contributed by atoms with Crippen molar-refractivity contribution in [2.24, 2.45) is 0 Å². The van der Waals surface area contributed by atoms with Gasteiger partial charge in [0.1, 0.15) is 30.2 Å². The molecule has 2 aliphatic heterocycles. The van der Waals surface area contributed by atoms with Crippen LogP contribution in [0.25, 0.3) is 10.9 Å². The first-order valence-electron chi connectivity index (χ1n) is 12.7. The van der Waals surface area contributed by atoms with Crippen molar-refractivity contribution in [3.63, 3.8) is 0 Å². The fourth-order valence-electron chi connectivity index (χ4n) is 4.98. The summed E-state index contributed by atoms with van der Waals surface area (Å²) in [5, 5.41) is 35.1. The number of pyridine rings is 1. The molecular weight excluding hydrogens is 524 g/mol. The van der Waals surface area contributed by atoms with Crippen LogP contribution in [0.2, 0.25) is 0 Å². The summed E-state index contributed by atoms with van der Waals surface area (Å²) in [6.45, 7) is -0.533. The average molecular weight is 553 g/mol. The van der Waals surface area contributed by atoms with Crippen LogP contribution in [0, 0.1) is 0 Å².